The Labute approximate surface area is 142 Å². The quantitative estimate of drug-likeness (QED) is 0.663. The number of para-hydroxylation sites is 2. The Hall–Kier alpha value is -1.56. The largest absolute Gasteiger partial charge is 0.486 e. The highest BCUT2D eigenvalue weighted by Gasteiger charge is 2.29. The van der Waals surface area contributed by atoms with Crippen LogP contribution in [0.3, 0.4) is 0 Å². The lowest BCUT2D eigenvalue weighted by atomic mass is 10.2. The third-order valence-electron chi connectivity index (χ3n) is 3.99. The zero-order chi connectivity index (χ0) is 16.3. The van der Waals surface area contributed by atoms with Gasteiger partial charge < -0.3 is 19.7 Å². The minimum atomic E-state index is -0.00572. The van der Waals surface area contributed by atoms with E-state index in [2.05, 4.69) is 29.1 Å². The van der Waals surface area contributed by atoms with Crippen LogP contribution in [0.5, 0.6) is 11.5 Å². The van der Waals surface area contributed by atoms with Gasteiger partial charge in [0.05, 0.1) is 6.54 Å². The summed E-state index contributed by atoms with van der Waals surface area (Å²) in [6.07, 6.45) is -0.00572. The van der Waals surface area contributed by atoms with E-state index in [1.54, 1.807) is 0 Å². The topological polar surface area (TPSA) is 46.1 Å². The highest BCUT2D eigenvalue weighted by atomic mass is 32.2. The van der Waals surface area contributed by atoms with Crippen molar-refractivity contribution in [3.05, 3.63) is 24.3 Å². The van der Waals surface area contributed by atoms with E-state index in [9.17, 15) is 0 Å². The van der Waals surface area contributed by atoms with Gasteiger partial charge in [-0.05, 0) is 26.0 Å². The van der Waals surface area contributed by atoms with Crippen molar-refractivity contribution in [1.82, 2.24) is 10.2 Å². The van der Waals surface area contributed by atoms with E-state index >= 15 is 0 Å². The first-order chi connectivity index (χ1) is 11.1. The molecule has 0 bridgehead atoms. The van der Waals surface area contributed by atoms with Gasteiger partial charge in [-0.15, -0.1) is 0 Å². The molecule has 5 nitrogen and oxygen atoms in total. The van der Waals surface area contributed by atoms with Crippen LogP contribution in [0.15, 0.2) is 29.3 Å². The normalized spacial score (nSPS) is 23.5. The summed E-state index contributed by atoms with van der Waals surface area (Å²) >= 11 is 2.02. The summed E-state index contributed by atoms with van der Waals surface area (Å²) in [5, 5.41) is 3.44. The molecule has 0 aromatic heterocycles. The molecule has 0 aliphatic carbocycles. The van der Waals surface area contributed by atoms with Crippen molar-refractivity contribution < 1.29 is 9.47 Å². The maximum atomic E-state index is 5.99. The van der Waals surface area contributed by atoms with E-state index in [0.29, 0.717) is 13.2 Å². The van der Waals surface area contributed by atoms with Crippen molar-refractivity contribution in [1.29, 1.82) is 0 Å². The number of thioether (sulfide) groups is 1. The van der Waals surface area contributed by atoms with E-state index in [1.165, 1.54) is 0 Å². The first kappa shape index (κ1) is 16.3. The summed E-state index contributed by atoms with van der Waals surface area (Å²) in [5.41, 5.74) is 0. The molecule has 2 heterocycles. The summed E-state index contributed by atoms with van der Waals surface area (Å²) < 4.78 is 12.0. The molecule has 2 aliphatic heterocycles. The SMILES string of the molecule is CN=C(NCC1COc2ccccc2O1)N1CCSC(C)(C)C1. The lowest BCUT2D eigenvalue weighted by Gasteiger charge is -2.39. The van der Waals surface area contributed by atoms with Gasteiger partial charge in [0.2, 0.25) is 0 Å². The second kappa shape index (κ2) is 6.91. The molecule has 1 unspecified atom stereocenters. The molecule has 3 rings (SSSR count). The lowest BCUT2D eigenvalue weighted by molar-refractivity contribution is 0.0930. The standard InChI is InChI=1S/C17H25N3O2S/c1-17(2)12-20(8-9-23-17)16(18-3)19-10-13-11-21-14-6-4-5-7-15(14)22-13/h4-7,13H,8-12H2,1-3H3,(H,18,19). The Morgan fingerprint density at radius 2 is 2.17 bits per heavy atom. The molecule has 0 saturated carbocycles. The fourth-order valence-electron chi connectivity index (χ4n) is 2.90. The monoisotopic (exact) mass is 335 g/mol. The van der Waals surface area contributed by atoms with Crippen molar-refractivity contribution in [2.24, 2.45) is 4.99 Å². The maximum absolute atomic E-state index is 5.99. The predicted octanol–water partition coefficient (Wildman–Crippen LogP) is 2.23. The molecule has 0 spiro atoms. The molecular formula is C17H25N3O2S. The molecule has 2 aliphatic rings. The number of hydrogen-bond acceptors (Lipinski definition) is 4. The molecule has 1 N–H and O–H groups in total. The van der Waals surface area contributed by atoms with Crippen molar-refractivity contribution in [2.45, 2.75) is 24.7 Å². The first-order valence-corrected chi connectivity index (χ1v) is 9.04. The van der Waals surface area contributed by atoms with Gasteiger partial charge in [-0.1, -0.05) is 12.1 Å². The lowest BCUT2D eigenvalue weighted by Crippen LogP contribution is -2.53. The third-order valence-corrected chi connectivity index (χ3v) is 5.29. The highest BCUT2D eigenvalue weighted by Crippen LogP contribution is 2.31. The van der Waals surface area contributed by atoms with Crippen molar-refractivity contribution in [3.8, 4) is 11.5 Å². The Kier molecular flexibility index (Phi) is 4.90. The third kappa shape index (κ3) is 4.05. The van der Waals surface area contributed by atoms with Crippen LogP contribution in [0.4, 0.5) is 0 Å². The predicted molar refractivity (Wildman–Crippen MR) is 95.8 cm³/mol. The van der Waals surface area contributed by atoms with Crippen LogP contribution in [0.25, 0.3) is 0 Å². The maximum Gasteiger partial charge on any atom is 0.193 e. The molecule has 1 fully saturated rings. The number of guanidine groups is 1. The zero-order valence-corrected chi connectivity index (χ0v) is 14.9. The number of nitrogens with zero attached hydrogens (tertiary/aromatic N) is 2. The Morgan fingerprint density at radius 1 is 1.39 bits per heavy atom. The van der Waals surface area contributed by atoms with Gasteiger partial charge in [0, 0.05) is 30.6 Å². The zero-order valence-electron chi connectivity index (χ0n) is 14.0. The van der Waals surface area contributed by atoms with E-state index < -0.39 is 0 Å². The summed E-state index contributed by atoms with van der Waals surface area (Å²) in [7, 11) is 1.84. The summed E-state index contributed by atoms with van der Waals surface area (Å²) in [6, 6.07) is 7.80. The molecule has 0 amide bonds. The minimum Gasteiger partial charge on any atom is -0.486 e. The smallest absolute Gasteiger partial charge is 0.193 e. The second-order valence-corrected chi connectivity index (χ2v) is 8.26. The molecular weight excluding hydrogens is 310 g/mol. The van der Waals surface area contributed by atoms with Crippen LogP contribution in [0.2, 0.25) is 0 Å². The van der Waals surface area contributed by atoms with Crippen LogP contribution < -0.4 is 14.8 Å². The van der Waals surface area contributed by atoms with Crippen LogP contribution in [-0.4, -0.2) is 60.8 Å². The van der Waals surface area contributed by atoms with Gasteiger partial charge >= 0.3 is 0 Å². The molecule has 1 aromatic carbocycles. The summed E-state index contributed by atoms with van der Waals surface area (Å²) in [6.45, 7) is 7.84. The molecule has 1 saturated heterocycles. The number of aliphatic imine (C=N–C) groups is 1. The number of ether oxygens (including phenoxy) is 2. The van der Waals surface area contributed by atoms with E-state index in [4.69, 9.17) is 9.47 Å². The van der Waals surface area contributed by atoms with Crippen LogP contribution >= 0.6 is 11.8 Å². The molecule has 1 aromatic rings. The first-order valence-electron chi connectivity index (χ1n) is 8.05. The Balaban J connectivity index is 1.55. The van der Waals surface area contributed by atoms with Gasteiger partial charge in [-0.2, -0.15) is 11.8 Å². The van der Waals surface area contributed by atoms with Crippen molar-refractivity contribution >= 4 is 17.7 Å². The Bertz CT molecular complexity index is 577. The number of nitrogens with one attached hydrogen (secondary N) is 1. The number of hydrogen-bond donors (Lipinski definition) is 1. The molecule has 23 heavy (non-hydrogen) atoms. The number of fused-ring (bicyclic) bond motifs is 1. The number of benzene rings is 1. The highest BCUT2D eigenvalue weighted by molar-refractivity contribution is 8.00. The summed E-state index contributed by atoms with van der Waals surface area (Å²) in [5.74, 6) is 3.71. The van der Waals surface area contributed by atoms with E-state index in [1.807, 2.05) is 43.1 Å². The molecule has 126 valence electrons. The average Bonchev–Trinajstić information content (AvgIpc) is 2.54. The Morgan fingerprint density at radius 3 is 2.91 bits per heavy atom. The van der Waals surface area contributed by atoms with Crippen molar-refractivity contribution in [2.75, 3.05) is 39.0 Å². The average molecular weight is 335 g/mol. The van der Waals surface area contributed by atoms with Crippen molar-refractivity contribution in [3.63, 3.8) is 0 Å². The van der Waals surface area contributed by atoms with Crippen LogP contribution in [0.1, 0.15) is 13.8 Å². The fraction of sp³-hybridized carbons (Fsp3) is 0.588. The van der Waals surface area contributed by atoms with Gasteiger partial charge in [-0.25, -0.2) is 0 Å². The number of rotatable bonds is 2. The fourth-order valence-corrected chi connectivity index (χ4v) is 4.01. The van der Waals surface area contributed by atoms with Gasteiger partial charge in [-0.3, -0.25) is 4.99 Å². The second-order valence-electron chi connectivity index (χ2n) is 6.46. The summed E-state index contributed by atoms with van der Waals surface area (Å²) in [4.78, 5) is 6.76. The molecule has 1 atom stereocenters. The van der Waals surface area contributed by atoms with Gasteiger partial charge in [0.1, 0.15) is 12.7 Å². The van der Waals surface area contributed by atoms with E-state index in [0.717, 1.165) is 36.3 Å². The van der Waals surface area contributed by atoms with Crippen LogP contribution in [-0.2, 0) is 0 Å². The molecule has 6 heteroatoms. The molecule has 0 radical (unpaired) electrons. The minimum absolute atomic E-state index is 0.00572. The van der Waals surface area contributed by atoms with E-state index in [-0.39, 0.29) is 10.9 Å². The van der Waals surface area contributed by atoms with Gasteiger partial charge in [0.15, 0.2) is 17.5 Å². The van der Waals surface area contributed by atoms with Crippen LogP contribution in [0, 0.1) is 0 Å². The van der Waals surface area contributed by atoms with Gasteiger partial charge in [0.25, 0.3) is 0 Å².